The molecular formula is C47H79N7O12S. The summed E-state index contributed by atoms with van der Waals surface area (Å²) in [5.74, 6) is -3.61. The minimum atomic E-state index is -3.96. The molecule has 0 spiro atoms. The monoisotopic (exact) mass is 966 g/mol. The van der Waals surface area contributed by atoms with Crippen molar-refractivity contribution in [2.45, 2.75) is 148 Å². The van der Waals surface area contributed by atoms with E-state index in [-0.39, 0.29) is 61.5 Å². The van der Waals surface area contributed by atoms with Crippen LogP contribution in [0.4, 0.5) is 0 Å². The Balaban J connectivity index is 1.81. The van der Waals surface area contributed by atoms with Crippen LogP contribution in [0.1, 0.15) is 99.5 Å². The molecule has 9 atom stereocenters. The smallest absolute Gasteiger partial charge is 0.281 e. The predicted molar refractivity (Wildman–Crippen MR) is 253 cm³/mol. The molecule has 380 valence electrons. The molecule has 1 aliphatic carbocycles. The van der Waals surface area contributed by atoms with Gasteiger partial charge in [-0.25, -0.2) is 13.9 Å². The number of rotatable bonds is 28. The second-order valence-electron chi connectivity index (χ2n) is 18.8. The molecule has 4 N–H and O–H groups in total. The number of nitrogens with zero attached hydrogens (tertiary/aromatic N) is 3. The second kappa shape index (κ2) is 26.4. The van der Waals surface area contributed by atoms with Gasteiger partial charge in [0.2, 0.25) is 33.7 Å². The first-order chi connectivity index (χ1) is 31.5. The average Bonchev–Trinajstić information content (AvgIpc) is 4.04. The van der Waals surface area contributed by atoms with E-state index >= 15 is 0 Å². The van der Waals surface area contributed by atoms with Gasteiger partial charge in [-0.05, 0) is 82.2 Å². The molecule has 67 heavy (non-hydrogen) atoms. The number of hydrogen-bond donors (Lipinski definition) is 4. The molecule has 20 heteroatoms. The number of likely N-dealkylation sites (N-methyl/N-ethyl adjacent to an activating group) is 2. The Morgan fingerprint density at radius 1 is 0.836 bits per heavy atom. The van der Waals surface area contributed by atoms with Gasteiger partial charge in [-0.2, -0.15) is 0 Å². The van der Waals surface area contributed by atoms with Crippen LogP contribution in [0.3, 0.4) is 0 Å². The van der Waals surface area contributed by atoms with E-state index in [2.05, 4.69) is 20.8 Å². The van der Waals surface area contributed by atoms with E-state index in [9.17, 15) is 37.2 Å². The molecule has 0 radical (unpaired) electrons. The maximum absolute atomic E-state index is 14.4. The zero-order valence-electron chi connectivity index (χ0n) is 42.0. The highest BCUT2D eigenvalue weighted by molar-refractivity contribution is 7.90. The van der Waals surface area contributed by atoms with E-state index in [1.54, 1.807) is 55.0 Å². The van der Waals surface area contributed by atoms with Crippen LogP contribution in [0, 0.1) is 23.7 Å². The Hall–Kier alpha value is -4.37. The highest BCUT2D eigenvalue weighted by Gasteiger charge is 2.44. The molecule has 1 aromatic rings. The van der Waals surface area contributed by atoms with Gasteiger partial charge in [0.1, 0.15) is 17.8 Å². The Morgan fingerprint density at radius 3 is 2.00 bits per heavy atom. The zero-order valence-corrected chi connectivity index (χ0v) is 42.8. The molecule has 0 bridgehead atoms. The normalized spacial score (nSPS) is 18.9. The summed E-state index contributed by atoms with van der Waals surface area (Å²) in [4.78, 5) is 92.0. The van der Waals surface area contributed by atoms with E-state index in [1.807, 2.05) is 60.5 Å². The highest BCUT2D eigenvalue weighted by atomic mass is 32.2. The third-order valence-corrected chi connectivity index (χ3v) is 14.7. The molecule has 6 amide bonds. The van der Waals surface area contributed by atoms with Gasteiger partial charge in [0.15, 0.2) is 6.61 Å². The lowest BCUT2D eigenvalue weighted by molar-refractivity contribution is -0.148. The molecule has 3 rings (SSSR count). The van der Waals surface area contributed by atoms with E-state index in [0.29, 0.717) is 50.0 Å². The van der Waals surface area contributed by atoms with Gasteiger partial charge >= 0.3 is 0 Å². The Kier molecular flexibility index (Phi) is 22.4. The third-order valence-electron chi connectivity index (χ3n) is 12.8. The van der Waals surface area contributed by atoms with Crippen LogP contribution in [0.5, 0.6) is 5.75 Å². The lowest BCUT2D eigenvalue weighted by Gasteiger charge is -2.41. The van der Waals surface area contributed by atoms with Crippen LogP contribution < -0.4 is 25.6 Å². The van der Waals surface area contributed by atoms with E-state index in [4.69, 9.17) is 19.0 Å². The molecule has 1 aromatic carbocycles. The molecule has 1 saturated carbocycles. The number of sulfonamides is 1. The number of amides is 6. The minimum Gasteiger partial charge on any atom is -0.484 e. The van der Waals surface area contributed by atoms with Gasteiger partial charge in [0, 0.05) is 34.2 Å². The first-order valence-corrected chi connectivity index (χ1v) is 25.1. The summed E-state index contributed by atoms with van der Waals surface area (Å²) >= 11 is 0. The predicted octanol–water partition coefficient (Wildman–Crippen LogP) is 2.42. The minimum absolute atomic E-state index is 0.00403. The van der Waals surface area contributed by atoms with Crippen LogP contribution in [-0.2, 0) is 59.5 Å². The van der Waals surface area contributed by atoms with Gasteiger partial charge < -0.3 is 34.6 Å². The van der Waals surface area contributed by atoms with Crippen molar-refractivity contribution in [2.24, 2.45) is 23.7 Å². The third kappa shape index (κ3) is 16.1. The van der Waals surface area contributed by atoms with Crippen LogP contribution in [0.25, 0.3) is 0 Å². The second-order valence-corrected chi connectivity index (χ2v) is 20.8. The number of methoxy groups -OCH3 is 2. The Labute approximate surface area is 398 Å². The van der Waals surface area contributed by atoms with Crippen LogP contribution >= 0.6 is 0 Å². The quantitative estimate of drug-likeness (QED) is 0.0886. The van der Waals surface area contributed by atoms with E-state index in [0.717, 1.165) is 0 Å². The number of nitrogens with one attached hydrogen (secondary N) is 4. The Morgan fingerprint density at radius 2 is 1.48 bits per heavy atom. The zero-order chi connectivity index (χ0) is 50.3. The average molecular weight is 966 g/mol. The summed E-state index contributed by atoms with van der Waals surface area (Å²) in [7, 11) is 4.36. The summed E-state index contributed by atoms with van der Waals surface area (Å²) in [5.41, 5.74) is 2.81. The largest absolute Gasteiger partial charge is 0.484 e. The van der Waals surface area contributed by atoms with Gasteiger partial charge in [0.05, 0.1) is 54.5 Å². The van der Waals surface area contributed by atoms with Crippen molar-refractivity contribution in [2.75, 3.05) is 55.1 Å². The number of carbonyl (C=O) groups is 6. The maximum atomic E-state index is 14.4. The van der Waals surface area contributed by atoms with Gasteiger partial charge in [-0.3, -0.25) is 43.2 Å². The number of benzene rings is 1. The van der Waals surface area contributed by atoms with E-state index < -0.39 is 81.3 Å². The summed E-state index contributed by atoms with van der Waals surface area (Å²) in [6.07, 6.45) is 1.01. The Bertz CT molecular complexity index is 1900. The lowest BCUT2D eigenvalue weighted by atomic mass is 9.89. The molecule has 19 nitrogen and oxygen atoms in total. The fraction of sp³-hybridized carbons (Fsp3) is 0.745. The maximum Gasteiger partial charge on any atom is 0.281 e. The summed E-state index contributed by atoms with van der Waals surface area (Å²) < 4.78 is 45.4. The lowest BCUT2D eigenvalue weighted by Crippen LogP contribution is -2.59. The van der Waals surface area contributed by atoms with Crippen LogP contribution in [0.2, 0.25) is 0 Å². The van der Waals surface area contributed by atoms with Crippen molar-refractivity contribution < 1.29 is 56.2 Å². The molecular weight excluding hydrogens is 887 g/mol. The fourth-order valence-electron chi connectivity index (χ4n) is 8.89. The number of hydrogen-bond acceptors (Lipinski definition) is 13. The first kappa shape index (κ1) is 57.0. The molecule has 0 aromatic heterocycles. The number of likely N-dealkylation sites (tertiary alicyclic amines) is 1. The van der Waals surface area contributed by atoms with Crippen LogP contribution in [-0.4, -0.2) is 161 Å². The SMILES string of the molecule is CCONC(=O)COc1ccc(C[C@H](NC(=O)[C@H](C)[C@@H](OC)[C@@H]2CCCN2C(=O)C[C@@H](OC)[C@H]([C@@H](C)CC)N(C)C(=O)[C@@H](NC(=O)C(C(C)C)N(C)C)C(C)C)C(=O)NS(=O)(=O)C2CC2)cc1. The van der Waals surface area contributed by atoms with Crippen molar-refractivity contribution in [3.05, 3.63) is 29.8 Å². The molecule has 2 aliphatic rings. The number of hydroxylamine groups is 1. The molecule has 1 unspecified atom stereocenters. The van der Waals surface area contributed by atoms with Gasteiger partial charge in [0.25, 0.3) is 11.8 Å². The fourth-order valence-corrected chi connectivity index (χ4v) is 10.2. The molecule has 1 heterocycles. The van der Waals surface area contributed by atoms with Gasteiger partial charge in [-0.1, -0.05) is 67.0 Å². The van der Waals surface area contributed by atoms with E-state index in [1.165, 1.54) is 14.2 Å². The summed E-state index contributed by atoms with van der Waals surface area (Å²) in [5, 5.41) is 5.10. The van der Waals surface area contributed by atoms with Crippen molar-refractivity contribution in [3.63, 3.8) is 0 Å². The topological polar surface area (TPSA) is 231 Å². The standard InChI is InChI=1S/C47H79N7O12S/c1-14-30(7)42(53(11)47(60)40(28(3)4)49-46(59)41(29(5)6)52(9)10)37(63-12)26-39(56)54-24-16-17-36(54)43(64-13)31(8)44(57)48-35(45(58)51-67(61,62)34-22-23-34)25-32-18-20-33(21-19-32)65-27-38(55)50-66-15-2/h18-21,28-31,34-37,40-43H,14-17,22-27H2,1-13H3,(H,48,57)(H,49,59)(H,50,55)(H,51,58)/t30-,31+,35-,36-,37+,40-,41?,42-,43+/m0/s1. The van der Waals surface area contributed by atoms with Crippen molar-refractivity contribution >= 4 is 45.5 Å². The molecule has 1 aliphatic heterocycles. The summed E-state index contributed by atoms with van der Waals surface area (Å²) in [6, 6.07) is 2.82. The van der Waals surface area contributed by atoms with Crippen molar-refractivity contribution in [1.29, 1.82) is 0 Å². The number of carbonyl (C=O) groups excluding carboxylic acids is 6. The summed E-state index contributed by atoms with van der Waals surface area (Å²) in [6.45, 7) is 15.4. The van der Waals surface area contributed by atoms with Crippen molar-refractivity contribution in [3.8, 4) is 5.75 Å². The first-order valence-electron chi connectivity index (χ1n) is 23.6. The molecule has 2 fully saturated rings. The van der Waals surface area contributed by atoms with Crippen molar-refractivity contribution in [1.82, 2.24) is 35.5 Å². The van der Waals surface area contributed by atoms with Gasteiger partial charge in [-0.15, -0.1) is 0 Å². The molecule has 1 saturated heterocycles. The highest BCUT2D eigenvalue weighted by Crippen LogP contribution is 2.31. The van der Waals surface area contributed by atoms with Crippen LogP contribution in [0.15, 0.2) is 24.3 Å². The number of ether oxygens (including phenoxy) is 3.